The molecule has 1 N–H and O–H groups in total. The standard InChI is InChI=1S/C18H20ClNO4S/c1-12-10-15(19)6-9-17(12)24-11-18(21)20-13(2)14-4-7-16(8-5-14)25(3,22)23/h4-10,13H,11H2,1-3H3,(H,20,21). The maximum atomic E-state index is 12.0. The number of sulfone groups is 1. The van der Waals surface area contributed by atoms with Gasteiger partial charge in [-0.2, -0.15) is 0 Å². The van der Waals surface area contributed by atoms with E-state index in [1.54, 1.807) is 30.3 Å². The van der Waals surface area contributed by atoms with Gasteiger partial charge in [0.1, 0.15) is 5.75 Å². The summed E-state index contributed by atoms with van der Waals surface area (Å²) in [7, 11) is -3.23. The lowest BCUT2D eigenvalue weighted by atomic mass is 10.1. The first-order chi connectivity index (χ1) is 11.7. The molecule has 0 aliphatic carbocycles. The van der Waals surface area contributed by atoms with Gasteiger partial charge in [0.2, 0.25) is 0 Å². The van der Waals surface area contributed by atoms with E-state index in [9.17, 15) is 13.2 Å². The van der Waals surface area contributed by atoms with Crippen LogP contribution in [0, 0.1) is 6.92 Å². The molecule has 5 nitrogen and oxygen atoms in total. The van der Waals surface area contributed by atoms with Crippen LogP contribution < -0.4 is 10.1 Å². The number of rotatable bonds is 6. The van der Waals surface area contributed by atoms with Crippen molar-refractivity contribution in [3.8, 4) is 5.75 Å². The first-order valence-electron chi connectivity index (χ1n) is 7.65. The van der Waals surface area contributed by atoms with Crippen molar-refractivity contribution in [2.45, 2.75) is 24.8 Å². The van der Waals surface area contributed by atoms with Crippen molar-refractivity contribution >= 4 is 27.3 Å². The molecule has 0 spiro atoms. The highest BCUT2D eigenvalue weighted by molar-refractivity contribution is 7.90. The third-order valence-corrected chi connectivity index (χ3v) is 5.05. The number of halogens is 1. The van der Waals surface area contributed by atoms with Crippen molar-refractivity contribution in [2.75, 3.05) is 12.9 Å². The minimum Gasteiger partial charge on any atom is -0.484 e. The third-order valence-electron chi connectivity index (χ3n) is 3.68. The van der Waals surface area contributed by atoms with E-state index in [1.165, 1.54) is 12.1 Å². The third kappa shape index (κ3) is 5.47. The predicted molar refractivity (Wildman–Crippen MR) is 97.8 cm³/mol. The first-order valence-corrected chi connectivity index (χ1v) is 9.92. The van der Waals surface area contributed by atoms with E-state index in [0.717, 1.165) is 17.4 Å². The van der Waals surface area contributed by atoms with Crippen LogP contribution in [-0.2, 0) is 14.6 Å². The van der Waals surface area contributed by atoms with Crippen molar-refractivity contribution in [2.24, 2.45) is 0 Å². The van der Waals surface area contributed by atoms with Crippen molar-refractivity contribution in [3.63, 3.8) is 0 Å². The van der Waals surface area contributed by atoms with Crippen LogP contribution >= 0.6 is 11.6 Å². The van der Waals surface area contributed by atoms with Crippen LogP contribution in [0.1, 0.15) is 24.1 Å². The SMILES string of the molecule is Cc1cc(Cl)ccc1OCC(=O)NC(C)c1ccc(S(C)(=O)=O)cc1. The second-order valence-corrected chi connectivity index (χ2v) is 8.28. The van der Waals surface area contributed by atoms with Gasteiger partial charge in [-0.3, -0.25) is 4.79 Å². The zero-order valence-corrected chi connectivity index (χ0v) is 15.8. The summed E-state index contributed by atoms with van der Waals surface area (Å²) in [6.07, 6.45) is 1.16. The van der Waals surface area contributed by atoms with Gasteiger partial charge in [-0.1, -0.05) is 23.7 Å². The lowest BCUT2D eigenvalue weighted by Gasteiger charge is -2.15. The first kappa shape index (κ1) is 19.3. The highest BCUT2D eigenvalue weighted by Crippen LogP contribution is 2.22. The molecule has 134 valence electrons. The number of ether oxygens (including phenoxy) is 1. The Morgan fingerprint density at radius 2 is 1.84 bits per heavy atom. The maximum Gasteiger partial charge on any atom is 0.258 e. The summed E-state index contributed by atoms with van der Waals surface area (Å²) in [5.41, 5.74) is 1.66. The smallest absolute Gasteiger partial charge is 0.258 e. The van der Waals surface area contributed by atoms with Crippen LogP contribution in [0.25, 0.3) is 0 Å². The van der Waals surface area contributed by atoms with Gasteiger partial charge in [-0.15, -0.1) is 0 Å². The topological polar surface area (TPSA) is 72.5 Å². The Kier molecular flexibility index (Phi) is 6.08. The van der Waals surface area contributed by atoms with Gasteiger partial charge in [0, 0.05) is 11.3 Å². The molecule has 0 aliphatic heterocycles. The minimum atomic E-state index is -3.23. The van der Waals surface area contributed by atoms with Crippen molar-refractivity contribution in [1.82, 2.24) is 5.32 Å². The van der Waals surface area contributed by atoms with Crippen LogP contribution in [0.4, 0.5) is 0 Å². The number of hydrogen-bond donors (Lipinski definition) is 1. The van der Waals surface area contributed by atoms with Gasteiger partial charge < -0.3 is 10.1 Å². The van der Waals surface area contributed by atoms with Gasteiger partial charge in [-0.25, -0.2) is 8.42 Å². The molecular formula is C18H20ClNO4S. The fourth-order valence-electron chi connectivity index (χ4n) is 2.29. The summed E-state index contributed by atoms with van der Waals surface area (Å²) in [4.78, 5) is 12.3. The van der Waals surface area contributed by atoms with E-state index in [0.29, 0.717) is 10.8 Å². The van der Waals surface area contributed by atoms with Crippen LogP contribution in [0.5, 0.6) is 5.75 Å². The number of carbonyl (C=O) groups is 1. The predicted octanol–water partition coefficient (Wildman–Crippen LogP) is 3.31. The number of benzene rings is 2. The number of nitrogens with one attached hydrogen (secondary N) is 1. The molecule has 0 bridgehead atoms. The summed E-state index contributed by atoms with van der Waals surface area (Å²) < 4.78 is 28.4. The van der Waals surface area contributed by atoms with E-state index in [1.807, 2.05) is 13.8 Å². The Morgan fingerprint density at radius 3 is 2.40 bits per heavy atom. The average molecular weight is 382 g/mol. The Morgan fingerprint density at radius 1 is 1.20 bits per heavy atom. The summed E-state index contributed by atoms with van der Waals surface area (Å²) >= 11 is 5.88. The normalized spacial score (nSPS) is 12.5. The van der Waals surface area contributed by atoms with E-state index >= 15 is 0 Å². The van der Waals surface area contributed by atoms with Crippen LogP contribution in [0.2, 0.25) is 5.02 Å². The molecule has 1 atom stereocenters. The van der Waals surface area contributed by atoms with Crippen LogP contribution in [0.15, 0.2) is 47.4 Å². The van der Waals surface area contributed by atoms with E-state index < -0.39 is 9.84 Å². The van der Waals surface area contributed by atoms with Gasteiger partial charge in [-0.05, 0) is 55.3 Å². The quantitative estimate of drug-likeness (QED) is 0.833. The van der Waals surface area contributed by atoms with E-state index in [2.05, 4.69) is 5.32 Å². The van der Waals surface area contributed by atoms with Gasteiger partial charge in [0.15, 0.2) is 16.4 Å². The lowest BCUT2D eigenvalue weighted by molar-refractivity contribution is -0.123. The Bertz CT molecular complexity index is 863. The van der Waals surface area contributed by atoms with E-state index in [4.69, 9.17) is 16.3 Å². The zero-order chi connectivity index (χ0) is 18.6. The molecule has 0 radical (unpaired) electrons. The zero-order valence-electron chi connectivity index (χ0n) is 14.2. The van der Waals surface area contributed by atoms with Crippen molar-refractivity contribution in [1.29, 1.82) is 0 Å². The molecule has 1 amide bonds. The number of carbonyl (C=O) groups excluding carboxylic acids is 1. The van der Waals surface area contributed by atoms with E-state index in [-0.39, 0.29) is 23.5 Å². The number of hydrogen-bond acceptors (Lipinski definition) is 4. The summed E-state index contributed by atoms with van der Waals surface area (Å²) in [6, 6.07) is 11.3. The maximum absolute atomic E-state index is 12.0. The van der Waals surface area contributed by atoms with Gasteiger partial charge in [0.25, 0.3) is 5.91 Å². The molecule has 0 saturated heterocycles. The second-order valence-electron chi connectivity index (χ2n) is 5.83. The molecule has 7 heteroatoms. The molecule has 0 aromatic heterocycles. The molecule has 0 fully saturated rings. The Hall–Kier alpha value is -2.05. The van der Waals surface area contributed by atoms with Crippen LogP contribution in [-0.4, -0.2) is 27.2 Å². The highest BCUT2D eigenvalue weighted by atomic mass is 35.5. The minimum absolute atomic E-state index is 0.117. The molecule has 0 aliphatic rings. The largest absolute Gasteiger partial charge is 0.484 e. The fraction of sp³-hybridized carbons (Fsp3) is 0.278. The molecule has 2 rings (SSSR count). The molecule has 0 saturated carbocycles. The summed E-state index contributed by atoms with van der Waals surface area (Å²) in [5.74, 6) is 0.332. The molecule has 25 heavy (non-hydrogen) atoms. The summed E-state index contributed by atoms with van der Waals surface area (Å²) in [5, 5.41) is 3.43. The second kappa shape index (κ2) is 7.89. The average Bonchev–Trinajstić information content (AvgIpc) is 2.53. The molecule has 2 aromatic rings. The monoisotopic (exact) mass is 381 g/mol. The fourth-order valence-corrected chi connectivity index (χ4v) is 3.15. The Labute approximate surface area is 152 Å². The Balaban J connectivity index is 1.93. The molecular weight excluding hydrogens is 362 g/mol. The van der Waals surface area contributed by atoms with Gasteiger partial charge >= 0.3 is 0 Å². The molecule has 0 heterocycles. The molecule has 2 aromatic carbocycles. The van der Waals surface area contributed by atoms with Gasteiger partial charge in [0.05, 0.1) is 10.9 Å². The number of aryl methyl sites for hydroxylation is 1. The lowest BCUT2D eigenvalue weighted by Crippen LogP contribution is -2.31. The summed E-state index contributed by atoms with van der Waals surface area (Å²) in [6.45, 7) is 3.56. The molecule has 1 unspecified atom stereocenters. The number of amides is 1. The van der Waals surface area contributed by atoms with Crippen molar-refractivity contribution < 1.29 is 17.9 Å². The van der Waals surface area contributed by atoms with Crippen molar-refractivity contribution in [3.05, 3.63) is 58.6 Å². The highest BCUT2D eigenvalue weighted by Gasteiger charge is 2.12. The van der Waals surface area contributed by atoms with Crippen LogP contribution in [0.3, 0.4) is 0 Å².